The highest BCUT2D eigenvalue weighted by atomic mass is 35.5. The normalized spacial score (nSPS) is 12.3. The number of carbonyl (C=O) groups is 8. The standard InChI is InChI=1S/C22H21N5O3.C22H23N5O.C12H13ClO3S.C12H14N2O4.C12H14O4S.C10H9N3.C8H8O2S/c28-22(25-17-14-23-21(24-15-17)16-7-3-1-4-8-16)19-13-18(9-10-20(19)27(29)30)26-11-5-2-6-12-26;23-20-10-9-18(27-11-5-2-6-12-27)13-19(20)22(28)26-17-14-24-21(25-15-17)16-7-3-1-4-8-16;1-16-11(14)5-6-17-8-9-3-2-4-10(7-9)12(13)15;15-12(16)10-8-9(4-5-11(10)14(17)18)13-6-2-1-3-7-13;1-16-11(13)5-6-17-8-9-3-2-4-10(7-9)12(14)15;11-9-6-12-10(13-7-9)8-4-2-1-3-5-8;9-8(10)7-3-1-2-6(4-7)5-11/h1,3-4,7-10,13-15H,2,5-6,11-12H2,(H,25,28);1,3-4,7-10,13-15H,2,5-6,11-12,23H2,(H,26,28);2-4,7H,5-6,8H2,1H3;4-5,8H,1-3,6-7H2,(H,15,16);2-4,7H,5-6,8H2,1H3,(H,14,15);1-7H,11H2;1-4,11H,5H2,(H,9,10). The van der Waals surface area contributed by atoms with Crippen molar-refractivity contribution in [1.29, 1.82) is 0 Å². The molecule has 696 valence electrons. The molecule has 3 aliphatic rings. The number of nitrogens with one attached hydrogen (secondary N) is 2. The van der Waals surface area contributed by atoms with Crippen molar-refractivity contribution in [2.24, 2.45) is 0 Å². The van der Waals surface area contributed by atoms with Crippen LogP contribution in [0.15, 0.2) is 256 Å². The summed E-state index contributed by atoms with van der Waals surface area (Å²) in [6.45, 7) is 5.54. The zero-order chi connectivity index (χ0) is 96.1. The number of nitrogens with zero attached hydrogens (tertiary/aromatic N) is 11. The van der Waals surface area contributed by atoms with Crippen LogP contribution < -0.4 is 36.8 Å². The molecular formula is C98H102ClN15O17S3. The van der Waals surface area contributed by atoms with Crippen molar-refractivity contribution in [2.75, 3.05) is 102 Å². The van der Waals surface area contributed by atoms with Gasteiger partial charge in [-0.3, -0.25) is 44.2 Å². The number of carboxylic acids is 3. The summed E-state index contributed by atoms with van der Waals surface area (Å²) < 4.78 is 9.06. The van der Waals surface area contributed by atoms with Crippen LogP contribution in [0.25, 0.3) is 34.2 Å². The van der Waals surface area contributed by atoms with E-state index in [-0.39, 0.29) is 45.9 Å². The number of anilines is 7. The number of hydrogen-bond acceptors (Lipinski definition) is 28. The first-order valence-electron chi connectivity index (χ1n) is 42.6. The van der Waals surface area contributed by atoms with E-state index in [1.807, 2.05) is 121 Å². The summed E-state index contributed by atoms with van der Waals surface area (Å²) in [4.78, 5) is 143. The van der Waals surface area contributed by atoms with Gasteiger partial charge in [-0.2, -0.15) is 36.2 Å². The van der Waals surface area contributed by atoms with E-state index in [1.165, 1.54) is 76.9 Å². The second-order valence-electron chi connectivity index (χ2n) is 30.0. The predicted octanol–water partition coefficient (Wildman–Crippen LogP) is 19.1. The molecule has 9 N–H and O–H groups in total. The number of ether oxygens (including phenoxy) is 2. The summed E-state index contributed by atoms with van der Waals surface area (Å²) in [6.07, 6.45) is 20.4. The smallest absolute Gasteiger partial charge is 0.342 e. The zero-order valence-electron chi connectivity index (χ0n) is 73.6. The molecule has 15 rings (SSSR count). The van der Waals surface area contributed by atoms with E-state index < -0.39 is 38.9 Å². The van der Waals surface area contributed by atoms with Gasteiger partial charge in [-0.1, -0.05) is 133 Å². The number of nitro benzene ring substituents is 2. The number of thiol groups is 1. The Morgan fingerprint density at radius 3 is 1.12 bits per heavy atom. The Labute approximate surface area is 793 Å². The van der Waals surface area contributed by atoms with Crippen molar-refractivity contribution in [3.8, 4) is 34.2 Å². The zero-order valence-corrected chi connectivity index (χ0v) is 76.9. The highest BCUT2D eigenvalue weighted by Crippen LogP contribution is 2.32. The van der Waals surface area contributed by atoms with E-state index in [0.29, 0.717) is 92.8 Å². The van der Waals surface area contributed by atoms with Crippen LogP contribution >= 0.6 is 47.8 Å². The Hall–Kier alpha value is -14.7. The third-order valence-corrected chi connectivity index (χ3v) is 23.1. The van der Waals surface area contributed by atoms with E-state index in [4.69, 9.17) is 38.4 Å². The molecule has 0 radical (unpaired) electrons. The molecule has 0 aliphatic carbocycles. The summed E-state index contributed by atoms with van der Waals surface area (Å²) in [6, 6.07) is 64.3. The average molecular weight is 1890 g/mol. The molecule has 2 amide bonds. The van der Waals surface area contributed by atoms with Gasteiger partial charge in [0.1, 0.15) is 11.1 Å². The van der Waals surface area contributed by atoms with Gasteiger partial charge in [-0.15, -0.1) is 0 Å². The monoisotopic (exact) mass is 1890 g/mol. The molecule has 6 heterocycles. The van der Waals surface area contributed by atoms with Crippen LogP contribution in [0.5, 0.6) is 0 Å². The summed E-state index contributed by atoms with van der Waals surface area (Å²) in [7, 11) is 2.74. The summed E-state index contributed by atoms with van der Waals surface area (Å²) >= 11 is 12.6. The van der Waals surface area contributed by atoms with E-state index in [0.717, 1.165) is 121 Å². The number of benzene rings is 9. The van der Waals surface area contributed by atoms with Crippen LogP contribution in [0.3, 0.4) is 0 Å². The number of hydrogen-bond donors (Lipinski definition) is 8. The van der Waals surface area contributed by atoms with Gasteiger partial charge < -0.3 is 61.6 Å². The molecule has 0 atom stereocenters. The fourth-order valence-corrected chi connectivity index (χ4v) is 15.6. The van der Waals surface area contributed by atoms with E-state index in [2.05, 4.69) is 77.3 Å². The fraction of sp³-hybridized carbons (Fsp3) is 0.245. The van der Waals surface area contributed by atoms with Crippen LogP contribution in [0, 0.1) is 20.2 Å². The van der Waals surface area contributed by atoms with Crippen LogP contribution in [-0.2, 0) is 36.3 Å². The maximum absolute atomic E-state index is 12.8. The topological polar surface area (TPSA) is 465 Å². The van der Waals surface area contributed by atoms with Gasteiger partial charge in [0.2, 0.25) is 0 Å². The van der Waals surface area contributed by atoms with Gasteiger partial charge in [0, 0.05) is 125 Å². The summed E-state index contributed by atoms with van der Waals surface area (Å²) in [5, 5.41) is 53.7. The Morgan fingerprint density at radius 2 is 0.754 bits per heavy atom. The van der Waals surface area contributed by atoms with Crippen molar-refractivity contribution >= 4 is 146 Å². The van der Waals surface area contributed by atoms with Crippen molar-refractivity contribution in [3.05, 3.63) is 326 Å². The molecule has 9 aromatic carbocycles. The first-order valence-corrected chi connectivity index (χ1v) is 45.9. The first kappa shape index (κ1) is 103. The summed E-state index contributed by atoms with van der Waals surface area (Å²) in [5.41, 5.74) is 22.5. The molecule has 0 saturated carbocycles. The Bertz CT molecular complexity index is 5820. The molecular weight excluding hydrogens is 1790 g/mol. The highest BCUT2D eigenvalue weighted by Gasteiger charge is 2.26. The Kier molecular flexibility index (Phi) is 42.2. The minimum absolute atomic E-state index is 0.0233. The number of nitro groups is 2. The minimum atomic E-state index is -1.26. The lowest BCUT2D eigenvalue weighted by Gasteiger charge is -2.29. The number of nitrogen functional groups attached to an aromatic ring is 2. The number of rotatable bonds is 27. The Morgan fingerprint density at radius 1 is 0.418 bits per heavy atom. The van der Waals surface area contributed by atoms with Crippen LogP contribution in [0.1, 0.15) is 149 Å². The average Bonchev–Trinajstić information content (AvgIpc) is 0.810. The van der Waals surface area contributed by atoms with Crippen molar-refractivity contribution in [3.63, 3.8) is 0 Å². The Balaban J connectivity index is 0.000000180. The molecule has 0 spiro atoms. The fourth-order valence-electron chi connectivity index (χ4n) is 13.5. The van der Waals surface area contributed by atoms with Crippen molar-refractivity contribution < 1.29 is 73.0 Å². The van der Waals surface area contributed by atoms with Crippen molar-refractivity contribution in [1.82, 2.24) is 29.9 Å². The summed E-state index contributed by atoms with van der Waals surface area (Å²) in [5.74, 6) is 0.902. The third kappa shape index (κ3) is 33.9. The lowest BCUT2D eigenvalue weighted by molar-refractivity contribution is -0.385. The molecule has 3 aromatic heterocycles. The second-order valence-corrected chi connectivity index (χ2v) is 32.8. The predicted molar refractivity (Wildman–Crippen MR) is 527 cm³/mol. The van der Waals surface area contributed by atoms with Crippen LogP contribution in [0.2, 0.25) is 0 Å². The maximum atomic E-state index is 12.8. The lowest BCUT2D eigenvalue weighted by atomic mass is 10.1. The van der Waals surface area contributed by atoms with Crippen molar-refractivity contribution in [2.45, 2.75) is 87.9 Å². The van der Waals surface area contributed by atoms with Crippen LogP contribution in [-0.4, -0.2) is 167 Å². The second kappa shape index (κ2) is 54.8. The number of carboxylic acid groups (broad SMARTS) is 3. The number of methoxy groups -OCH3 is 2. The number of aromatic nitrogens is 6. The van der Waals surface area contributed by atoms with Gasteiger partial charge in [0.15, 0.2) is 17.5 Å². The first-order chi connectivity index (χ1) is 64.8. The molecule has 3 fully saturated rings. The molecule has 32 nitrogen and oxygen atoms in total. The molecule has 12 aromatic rings. The van der Waals surface area contributed by atoms with E-state index in [1.54, 1.807) is 127 Å². The molecule has 36 heteroatoms. The SMILES string of the molecule is COC(=O)CCSCc1cccc(C(=O)Cl)c1.COC(=O)CCSCc1cccc(C(=O)O)c1.Nc1ccc(N2CCCCC2)cc1C(=O)Nc1cnc(-c2ccccc2)nc1.Nc1cnc(-c2ccccc2)nc1.O=C(Nc1cnc(-c2ccccc2)nc1)c1cc(N2CCCCC2)ccc1[N+](=O)[O-].O=C(O)c1cc(N2CCCCC2)ccc1[N+](=O)[O-].O=C(O)c1cccc(CS)c1. The van der Waals surface area contributed by atoms with Gasteiger partial charge >= 0.3 is 29.8 Å². The number of nitrogens with two attached hydrogens (primary N) is 2. The van der Waals surface area contributed by atoms with Gasteiger partial charge in [-0.25, -0.2) is 44.3 Å². The quantitative estimate of drug-likeness (QED) is 0.00451. The van der Waals surface area contributed by atoms with E-state index in [9.17, 15) is 58.6 Å². The number of amides is 2. The largest absolute Gasteiger partial charge is 0.478 e. The molecule has 3 saturated heterocycles. The van der Waals surface area contributed by atoms with E-state index >= 15 is 0 Å². The van der Waals surface area contributed by atoms with Gasteiger partial charge in [-0.05, 0) is 159 Å². The van der Waals surface area contributed by atoms with Crippen LogP contribution in [0.4, 0.5) is 51.2 Å². The number of piperidine rings is 3. The highest BCUT2D eigenvalue weighted by molar-refractivity contribution is 7.98. The maximum Gasteiger partial charge on any atom is 0.342 e. The van der Waals surface area contributed by atoms with Gasteiger partial charge in [0.25, 0.3) is 28.4 Å². The molecule has 0 bridgehead atoms. The molecule has 134 heavy (non-hydrogen) atoms. The number of carbonyl (C=O) groups excluding carboxylic acids is 5. The minimum Gasteiger partial charge on any atom is -0.478 e. The lowest BCUT2D eigenvalue weighted by Crippen LogP contribution is -2.29. The molecule has 0 unspecified atom stereocenters. The number of thioether (sulfide) groups is 2. The number of halogens is 1. The molecule has 3 aliphatic heterocycles. The number of aromatic carboxylic acids is 3. The van der Waals surface area contributed by atoms with Gasteiger partial charge in [0.05, 0.1) is 108 Å². The number of esters is 2. The third-order valence-electron chi connectivity index (χ3n) is 20.4.